The molecule has 1 aliphatic heterocycles. The summed E-state index contributed by atoms with van der Waals surface area (Å²) in [4.78, 5) is 4.98. The van der Waals surface area contributed by atoms with Crippen LogP contribution in [0.5, 0.6) is 0 Å². The molecule has 7 heteroatoms. The molecule has 7 nitrogen and oxygen atoms in total. The fourth-order valence-corrected chi connectivity index (χ4v) is 4.50. The van der Waals surface area contributed by atoms with E-state index in [2.05, 4.69) is 74.7 Å². The second kappa shape index (κ2) is 9.63. The average molecular weight is 431 g/mol. The lowest BCUT2D eigenvalue weighted by Crippen LogP contribution is -2.47. The van der Waals surface area contributed by atoms with Crippen LogP contribution >= 0.6 is 0 Å². The molecule has 1 unspecified atom stereocenters. The zero-order valence-corrected chi connectivity index (χ0v) is 18.6. The quantitative estimate of drug-likeness (QED) is 0.419. The van der Waals surface area contributed by atoms with Crippen LogP contribution in [0.2, 0.25) is 0 Å². The first kappa shape index (κ1) is 20.8. The number of para-hydroxylation sites is 1. The molecule has 0 bridgehead atoms. The number of aromatic nitrogens is 4. The molecule has 1 saturated heterocycles. The lowest BCUT2D eigenvalue weighted by atomic mass is 10.1. The van der Waals surface area contributed by atoms with Gasteiger partial charge >= 0.3 is 0 Å². The molecule has 0 saturated carbocycles. The van der Waals surface area contributed by atoms with E-state index in [1.165, 1.54) is 5.56 Å². The van der Waals surface area contributed by atoms with E-state index in [-0.39, 0.29) is 6.04 Å². The van der Waals surface area contributed by atoms with Crippen LogP contribution in [-0.2, 0) is 13.1 Å². The highest BCUT2D eigenvalue weighted by molar-refractivity contribution is 5.77. The van der Waals surface area contributed by atoms with Crippen LogP contribution in [0.4, 0.5) is 0 Å². The Morgan fingerprint density at radius 2 is 1.75 bits per heavy atom. The number of benzene rings is 2. The predicted octanol–water partition coefficient (Wildman–Crippen LogP) is 4.13. The van der Waals surface area contributed by atoms with Crippen molar-refractivity contribution in [1.82, 2.24) is 30.0 Å². The van der Waals surface area contributed by atoms with Crippen molar-refractivity contribution in [3.8, 4) is 0 Å². The number of fused-ring (bicyclic) bond motifs is 1. The zero-order chi connectivity index (χ0) is 21.8. The Labute approximate surface area is 188 Å². The van der Waals surface area contributed by atoms with Crippen molar-refractivity contribution in [2.75, 3.05) is 26.2 Å². The number of aryl methyl sites for hydroxylation is 1. The third kappa shape index (κ3) is 4.45. The Bertz CT molecular complexity index is 1100. The highest BCUT2D eigenvalue weighted by atomic mass is 16.3. The summed E-state index contributed by atoms with van der Waals surface area (Å²) in [6, 6.07) is 20.9. The van der Waals surface area contributed by atoms with E-state index in [0.29, 0.717) is 0 Å². The smallest absolute Gasteiger partial charge is 0.176 e. The van der Waals surface area contributed by atoms with Crippen LogP contribution in [0.3, 0.4) is 0 Å². The topological polar surface area (TPSA) is 63.2 Å². The molecule has 0 amide bonds. The number of piperazine rings is 1. The standard InChI is InChI=1S/C25H30N6O/c1-2-3-13-31-25(26-27-28-31)24(23-18-21-11-7-8-12-22(21)32-23)30-16-14-29(15-17-30)19-20-9-5-4-6-10-20/h4-12,18,24H,2-3,13-17,19H2,1H3. The van der Waals surface area contributed by atoms with Crippen molar-refractivity contribution < 1.29 is 4.42 Å². The number of unbranched alkanes of at least 4 members (excludes halogenated alkanes) is 1. The first-order valence-corrected chi connectivity index (χ1v) is 11.6. The molecule has 0 radical (unpaired) electrons. The van der Waals surface area contributed by atoms with E-state index in [9.17, 15) is 0 Å². The second-order valence-electron chi connectivity index (χ2n) is 8.50. The lowest BCUT2D eigenvalue weighted by molar-refractivity contribution is 0.0926. The minimum Gasteiger partial charge on any atom is -0.459 e. The summed E-state index contributed by atoms with van der Waals surface area (Å²) in [5.74, 6) is 1.78. The Balaban J connectivity index is 1.40. The van der Waals surface area contributed by atoms with Gasteiger partial charge in [0.1, 0.15) is 17.4 Å². The van der Waals surface area contributed by atoms with E-state index in [0.717, 1.165) is 74.7 Å². The monoisotopic (exact) mass is 430 g/mol. The zero-order valence-electron chi connectivity index (χ0n) is 18.6. The van der Waals surface area contributed by atoms with Gasteiger partial charge in [0, 0.05) is 44.7 Å². The van der Waals surface area contributed by atoms with Gasteiger partial charge in [-0.2, -0.15) is 0 Å². The summed E-state index contributed by atoms with van der Waals surface area (Å²) < 4.78 is 8.28. The maximum absolute atomic E-state index is 6.33. The molecule has 1 atom stereocenters. The Hall–Kier alpha value is -3.03. The van der Waals surface area contributed by atoms with Gasteiger partial charge in [0.05, 0.1) is 0 Å². The Kier molecular flexibility index (Phi) is 6.27. The van der Waals surface area contributed by atoms with E-state index >= 15 is 0 Å². The number of nitrogens with zero attached hydrogens (tertiary/aromatic N) is 6. The molecule has 2 aromatic carbocycles. The molecule has 1 aliphatic rings. The first-order chi connectivity index (χ1) is 15.8. The van der Waals surface area contributed by atoms with E-state index in [4.69, 9.17) is 4.42 Å². The Morgan fingerprint density at radius 3 is 2.53 bits per heavy atom. The molecular formula is C25H30N6O. The first-order valence-electron chi connectivity index (χ1n) is 11.6. The number of furan rings is 1. The molecule has 3 heterocycles. The van der Waals surface area contributed by atoms with Crippen LogP contribution < -0.4 is 0 Å². The van der Waals surface area contributed by atoms with Crippen LogP contribution in [0.15, 0.2) is 65.1 Å². The van der Waals surface area contributed by atoms with Gasteiger partial charge in [-0.15, -0.1) is 5.10 Å². The molecule has 5 rings (SSSR count). The number of hydrogen-bond donors (Lipinski definition) is 0. The SMILES string of the molecule is CCCCn1nnnc1C(c1cc2ccccc2o1)N1CCN(Cc2ccccc2)CC1. The van der Waals surface area contributed by atoms with Gasteiger partial charge in [-0.05, 0) is 34.5 Å². The van der Waals surface area contributed by atoms with Crippen molar-refractivity contribution in [2.45, 2.75) is 38.9 Å². The van der Waals surface area contributed by atoms with Gasteiger partial charge < -0.3 is 4.42 Å². The molecule has 0 spiro atoms. The number of rotatable bonds is 8. The maximum Gasteiger partial charge on any atom is 0.176 e. The predicted molar refractivity (Wildman–Crippen MR) is 124 cm³/mol. The van der Waals surface area contributed by atoms with Crippen molar-refractivity contribution >= 4 is 11.0 Å². The maximum atomic E-state index is 6.33. The number of tetrazole rings is 1. The highest BCUT2D eigenvalue weighted by Crippen LogP contribution is 2.32. The summed E-state index contributed by atoms with van der Waals surface area (Å²) >= 11 is 0. The van der Waals surface area contributed by atoms with Crippen LogP contribution in [-0.4, -0.2) is 56.2 Å². The third-order valence-electron chi connectivity index (χ3n) is 6.26. The summed E-state index contributed by atoms with van der Waals surface area (Å²) in [5.41, 5.74) is 2.26. The molecule has 1 fully saturated rings. The normalized spacial score (nSPS) is 16.5. The summed E-state index contributed by atoms with van der Waals surface area (Å²) in [5, 5.41) is 13.9. The fourth-order valence-electron chi connectivity index (χ4n) is 4.50. The molecule has 166 valence electrons. The van der Waals surface area contributed by atoms with Crippen molar-refractivity contribution in [3.63, 3.8) is 0 Å². The molecular weight excluding hydrogens is 400 g/mol. The summed E-state index contributed by atoms with van der Waals surface area (Å²) in [6.45, 7) is 7.88. The van der Waals surface area contributed by atoms with Gasteiger partial charge in [0.25, 0.3) is 0 Å². The summed E-state index contributed by atoms with van der Waals surface area (Å²) in [7, 11) is 0. The number of hydrogen-bond acceptors (Lipinski definition) is 6. The van der Waals surface area contributed by atoms with Gasteiger partial charge in [0.15, 0.2) is 5.82 Å². The van der Waals surface area contributed by atoms with E-state index in [1.54, 1.807) is 0 Å². The van der Waals surface area contributed by atoms with Gasteiger partial charge in [-0.1, -0.05) is 61.9 Å². The highest BCUT2D eigenvalue weighted by Gasteiger charge is 2.33. The van der Waals surface area contributed by atoms with Gasteiger partial charge in [0.2, 0.25) is 0 Å². The van der Waals surface area contributed by atoms with Crippen LogP contribution in [0.1, 0.15) is 43.0 Å². The fraction of sp³-hybridized carbons (Fsp3) is 0.400. The van der Waals surface area contributed by atoms with E-state index in [1.807, 2.05) is 22.9 Å². The minimum atomic E-state index is -0.0897. The lowest BCUT2D eigenvalue weighted by Gasteiger charge is -2.38. The average Bonchev–Trinajstić information content (AvgIpc) is 3.47. The summed E-state index contributed by atoms with van der Waals surface area (Å²) in [6.07, 6.45) is 2.16. The van der Waals surface area contributed by atoms with Gasteiger partial charge in [-0.3, -0.25) is 9.80 Å². The Morgan fingerprint density at radius 1 is 0.969 bits per heavy atom. The third-order valence-corrected chi connectivity index (χ3v) is 6.26. The van der Waals surface area contributed by atoms with E-state index < -0.39 is 0 Å². The molecule has 0 aliphatic carbocycles. The molecule has 4 aromatic rings. The molecule has 32 heavy (non-hydrogen) atoms. The largest absolute Gasteiger partial charge is 0.459 e. The second-order valence-corrected chi connectivity index (χ2v) is 8.50. The van der Waals surface area contributed by atoms with Crippen molar-refractivity contribution in [3.05, 3.63) is 77.8 Å². The van der Waals surface area contributed by atoms with Crippen molar-refractivity contribution in [2.24, 2.45) is 0 Å². The molecule has 0 N–H and O–H groups in total. The molecule has 2 aromatic heterocycles. The van der Waals surface area contributed by atoms with Crippen LogP contribution in [0.25, 0.3) is 11.0 Å². The van der Waals surface area contributed by atoms with Crippen LogP contribution in [0, 0.1) is 0 Å². The van der Waals surface area contributed by atoms with Gasteiger partial charge in [-0.25, -0.2) is 4.68 Å². The minimum absolute atomic E-state index is 0.0897. The van der Waals surface area contributed by atoms with Crippen molar-refractivity contribution in [1.29, 1.82) is 0 Å².